The molecule has 5 nitrogen and oxygen atoms in total. The molecule has 0 radical (unpaired) electrons. The summed E-state index contributed by atoms with van der Waals surface area (Å²) in [5.41, 5.74) is 0.645. The Morgan fingerprint density at radius 1 is 1.28 bits per heavy atom. The number of carbonyl (C=O) groups is 1. The number of anilines is 1. The van der Waals surface area contributed by atoms with Gasteiger partial charge < -0.3 is 15.1 Å². The standard InChI is InChI=1S/C13H12N2O3/c1-15(9-3-2-6-14-8-9)13(18)11-7-10(16)4-5-12(11)17/h2-8,16-17H,1H3. The van der Waals surface area contributed by atoms with Crippen molar-refractivity contribution in [3.05, 3.63) is 48.3 Å². The van der Waals surface area contributed by atoms with E-state index in [0.29, 0.717) is 5.69 Å². The van der Waals surface area contributed by atoms with Crippen molar-refractivity contribution in [2.45, 2.75) is 0 Å². The van der Waals surface area contributed by atoms with E-state index in [1.54, 1.807) is 25.4 Å². The Balaban J connectivity index is 2.34. The molecule has 2 rings (SSSR count). The Kier molecular flexibility index (Phi) is 3.14. The minimum absolute atomic E-state index is 0.0429. The molecule has 18 heavy (non-hydrogen) atoms. The topological polar surface area (TPSA) is 73.7 Å². The monoisotopic (exact) mass is 244 g/mol. The second kappa shape index (κ2) is 4.75. The molecule has 5 heteroatoms. The summed E-state index contributed by atoms with van der Waals surface area (Å²) in [6.07, 6.45) is 3.14. The number of nitrogens with zero attached hydrogens (tertiary/aromatic N) is 2. The summed E-state index contributed by atoms with van der Waals surface area (Å²) in [4.78, 5) is 17.4. The molecule has 1 aromatic heterocycles. The van der Waals surface area contributed by atoms with Crippen molar-refractivity contribution in [1.82, 2.24) is 4.98 Å². The lowest BCUT2D eigenvalue weighted by atomic mass is 10.1. The predicted octanol–water partition coefficient (Wildman–Crippen LogP) is 1.77. The van der Waals surface area contributed by atoms with Gasteiger partial charge in [0.25, 0.3) is 5.91 Å². The zero-order chi connectivity index (χ0) is 13.1. The second-order valence-electron chi connectivity index (χ2n) is 3.78. The summed E-state index contributed by atoms with van der Waals surface area (Å²) in [6, 6.07) is 7.26. The zero-order valence-electron chi connectivity index (χ0n) is 9.74. The fourth-order valence-electron chi connectivity index (χ4n) is 1.55. The van der Waals surface area contributed by atoms with Crippen LogP contribution in [-0.4, -0.2) is 28.2 Å². The molecule has 0 saturated carbocycles. The van der Waals surface area contributed by atoms with Crippen LogP contribution in [0.3, 0.4) is 0 Å². The highest BCUT2D eigenvalue weighted by Crippen LogP contribution is 2.24. The average Bonchev–Trinajstić information content (AvgIpc) is 2.41. The number of pyridine rings is 1. The molecule has 92 valence electrons. The first-order valence-corrected chi connectivity index (χ1v) is 5.29. The zero-order valence-corrected chi connectivity index (χ0v) is 9.74. The lowest BCUT2D eigenvalue weighted by molar-refractivity contribution is 0.0990. The molecule has 0 aliphatic carbocycles. The quantitative estimate of drug-likeness (QED) is 0.789. The number of phenols is 2. The van der Waals surface area contributed by atoms with Crippen LogP contribution in [0.4, 0.5) is 5.69 Å². The third-order valence-electron chi connectivity index (χ3n) is 2.55. The maximum absolute atomic E-state index is 12.1. The largest absolute Gasteiger partial charge is 0.508 e. The van der Waals surface area contributed by atoms with Crippen LogP contribution in [0.25, 0.3) is 0 Å². The van der Waals surface area contributed by atoms with Gasteiger partial charge in [-0.2, -0.15) is 0 Å². The van der Waals surface area contributed by atoms with Gasteiger partial charge in [-0.3, -0.25) is 9.78 Å². The van der Waals surface area contributed by atoms with Gasteiger partial charge in [-0.15, -0.1) is 0 Å². The first kappa shape index (κ1) is 11.9. The smallest absolute Gasteiger partial charge is 0.261 e. The number of hydrogen-bond acceptors (Lipinski definition) is 4. The van der Waals surface area contributed by atoms with Crippen molar-refractivity contribution >= 4 is 11.6 Å². The van der Waals surface area contributed by atoms with Gasteiger partial charge in [0.15, 0.2) is 0 Å². The van der Waals surface area contributed by atoms with Gasteiger partial charge in [0.2, 0.25) is 0 Å². The maximum atomic E-state index is 12.1. The highest BCUT2D eigenvalue weighted by Gasteiger charge is 2.17. The Labute approximate surface area is 104 Å². The molecule has 0 bridgehead atoms. The van der Waals surface area contributed by atoms with E-state index in [1.807, 2.05) is 0 Å². The van der Waals surface area contributed by atoms with Gasteiger partial charge in [-0.25, -0.2) is 0 Å². The molecule has 0 aliphatic heterocycles. The van der Waals surface area contributed by atoms with Crippen molar-refractivity contribution < 1.29 is 15.0 Å². The van der Waals surface area contributed by atoms with Crippen LogP contribution in [-0.2, 0) is 0 Å². The molecule has 2 aromatic rings. The predicted molar refractivity (Wildman–Crippen MR) is 66.7 cm³/mol. The molecule has 0 fully saturated rings. The van der Waals surface area contributed by atoms with E-state index >= 15 is 0 Å². The number of amides is 1. The maximum Gasteiger partial charge on any atom is 0.261 e. The molecular weight excluding hydrogens is 232 g/mol. The van der Waals surface area contributed by atoms with Gasteiger partial charge >= 0.3 is 0 Å². The molecule has 0 unspecified atom stereocenters. The number of hydrogen-bond donors (Lipinski definition) is 2. The summed E-state index contributed by atoms with van der Waals surface area (Å²) in [5.74, 6) is -0.666. The van der Waals surface area contributed by atoms with Gasteiger partial charge in [0.05, 0.1) is 17.4 Å². The number of phenolic OH excluding ortho intramolecular Hbond substituents is 2. The fourth-order valence-corrected chi connectivity index (χ4v) is 1.55. The normalized spacial score (nSPS) is 10.1. The van der Waals surface area contributed by atoms with Gasteiger partial charge in [-0.1, -0.05) is 0 Å². The van der Waals surface area contributed by atoms with Crippen molar-refractivity contribution in [1.29, 1.82) is 0 Å². The van der Waals surface area contributed by atoms with Gasteiger partial charge in [0, 0.05) is 13.2 Å². The third kappa shape index (κ3) is 2.24. The van der Waals surface area contributed by atoms with E-state index in [0.717, 1.165) is 0 Å². The van der Waals surface area contributed by atoms with Crippen LogP contribution < -0.4 is 4.90 Å². The van der Waals surface area contributed by atoms with Gasteiger partial charge in [-0.05, 0) is 30.3 Å². The molecule has 1 heterocycles. The SMILES string of the molecule is CN(C(=O)c1cc(O)ccc1O)c1cccnc1. The van der Waals surface area contributed by atoms with Crippen LogP contribution in [0.15, 0.2) is 42.7 Å². The van der Waals surface area contributed by atoms with Crippen LogP contribution in [0.5, 0.6) is 11.5 Å². The Morgan fingerprint density at radius 3 is 2.72 bits per heavy atom. The van der Waals surface area contributed by atoms with Crippen LogP contribution in [0.1, 0.15) is 10.4 Å². The highest BCUT2D eigenvalue weighted by atomic mass is 16.3. The number of benzene rings is 1. The molecule has 0 atom stereocenters. The van der Waals surface area contributed by atoms with Gasteiger partial charge in [0.1, 0.15) is 11.5 Å². The Morgan fingerprint density at radius 2 is 2.06 bits per heavy atom. The summed E-state index contributed by atoms with van der Waals surface area (Å²) < 4.78 is 0. The van der Waals surface area contributed by atoms with E-state index in [1.165, 1.54) is 29.3 Å². The Hall–Kier alpha value is -2.56. The van der Waals surface area contributed by atoms with Crippen LogP contribution in [0, 0.1) is 0 Å². The minimum atomic E-state index is -0.420. The molecule has 0 spiro atoms. The summed E-state index contributed by atoms with van der Waals surface area (Å²) in [6.45, 7) is 0. The Bertz CT molecular complexity index is 570. The lowest BCUT2D eigenvalue weighted by Gasteiger charge is -2.17. The first-order chi connectivity index (χ1) is 8.59. The van der Waals surface area contributed by atoms with Crippen LogP contribution >= 0.6 is 0 Å². The summed E-state index contributed by atoms with van der Waals surface area (Å²) >= 11 is 0. The summed E-state index contributed by atoms with van der Waals surface area (Å²) in [7, 11) is 1.57. The van der Waals surface area contributed by atoms with E-state index in [9.17, 15) is 15.0 Å². The molecular formula is C13H12N2O3. The number of aromatic nitrogens is 1. The second-order valence-corrected chi connectivity index (χ2v) is 3.78. The third-order valence-corrected chi connectivity index (χ3v) is 2.55. The van der Waals surface area contributed by atoms with E-state index in [-0.39, 0.29) is 17.1 Å². The number of rotatable bonds is 2. The fraction of sp³-hybridized carbons (Fsp3) is 0.0769. The molecule has 1 aromatic carbocycles. The molecule has 1 amide bonds. The molecule has 0 aliphatic rings. The van der Waals surface area contributed by atoms with E-state index < -0.39 is 5.91 Å². The van der Waals surface area contributed by atoms with E-state index in [2.05, 4.69) is 4.98 Å². The van der Waals surface area contributed by atoms with Crippen molar-refractivity contribution in [2.75, 3.05) is 11.9 Å². The highest BCUT2D eigenvalue weighted by molar-refractivity contribution is 6.07. The van der Waals surface area contributed by atoms with Crippen LogP contribution in [0.2, 0.25) is 0 Å². The lowest BCUT2D eigenvalue weighted by Crippen LogP contribution is -2.26. The van der Waals surface area contributed by atoms with E-state index in [4.69, 9.17) is 0 Å². The summed E-state index contributed by atoms with van der Waals surface area (Å²) in [5, 5.41) is 19.0. The first-order valence-electron chi connectivity index (χ1n) is 5.29. The number of carbonyl (C=O) groups excluding carboxylic acids is 1. The minimum Gasteiger partial charge on any atom is -0.508 e. The molecule has 0 saturated heterocycles. The average molecular weight is 244 g/mol. The number of aromatic hydroxyl groups is 2. The van der Waals surface area contributed by atoms with Crippen molar-refractivity contribution in [3.8, 4) is 11.5 Å². The van der Waals surface area contributed by atoms with Crippen molar-refractivity contribution in [3.63, 3.8) is 0 Å². The molecule has 2 N–H and O–H groups in total. The van der Waals surface area contributed by atoms with Crippen molar-refractivity contribution in [2.24, 2.45) is 0 Å².